The summed E-state index contributed by atoms with van der Waals surface area (Å²) in [6, 6.07) is 7.63. The fourth-order valence-electron chi connectivity index (χ4n) is 3.57. The molecule has 0 saturated carbocycles. The number of halogens is 1. The normalized spacial score (nSPS) is 19.6. The molecular weight excluding hydrogens is 364 g/mol. The molecule has 27 heavy (non-hydrogen) atoms. The number of rotatable bonds is 3. The van der Waals surface area contributed by atoms with Crippen molar-refractivity contribution in [3.05, 3.63) is 35.6 Å². The van der Waals surface area contributed by atoms with Gasteiger partial charge in [-0.15, -0.1) is 0 Å². The third-order valence-electron chi connectivity index (χ3n) is 5.07. The van der Waals surface area contributed by atoms with Crippen molar-refractivity contribution in [1.82, 2.24) is 9.97 Å². The highest BCUT2D eigenvalue weighted by molar-refractivity contribution is 6.30. The van der Waals surface area contributed by atoms with E-state index in [0.29, 0.717) is 11.5 Å². The third-order valence-corrected chi connectivity index (χ3v) is 5.30. The summed E-state index contributed by atoms with van der Waals surface area (Å²) in [7, 11) is 0. The highest BCUT2D eigenvalue weighted by Gasteiger charge is 2.32. The number of benzene rings is 1. The van der Waals surface area contributed by atoms with E-state index < -0.39 is 0 Å². The van der Waals surface area contributed by atoms with Crippen LogP contribution in [0.15, 0.2) is 30.6 Å². The van der Waals surface area contributed by atoms with Gasteiger partial charge in [0, 0.05) is 36.9 Å². The average Bonchev–Trinajstić information content (AvgIpc) is 2.67. The topological polar surface area (TPSA) is 73.4 Å². The predicted molar refractivity (Wildman–Crippen MR) is 109 cm³/mol. The number of amides is 1. The van der Waals surface area contributed by atoms with Crippen LogP contribution in [0.5, 0.6) is 0 Å². The zero-order chi connectivity index (χ0) is 19.0. The van der Waals surface area contributed by atoms with Gasteiger partial charge in [-0.1, -0.05) is 31.5 Å². The van der Waals surface area contributed by atoms with E-state index in [2.05, 4.69) is 36.5 Å². The largest absolute Gasteiger partial charge is 0.368 e. The molecule has 1 unspecified atom stereocenters. The number of carbonyl (C=O) groups excluding carboxylic acids is 1. The van der Waals surface area contributed by atoms with Gasteiger partial charge in [0.2, 0.25) is 5.91 Å². The minimum Gasteiger partial charge on any atom is -0.368 e. The molecule has 2 aliphatic heterocycles. The molecular formula is C19H23ClN6O. The first-order valence-corrected chi connectivity index (χ1v) is 9.58. The Balaban J connectivity index is 1.51. The van der Waals surface area contributed by atoms with Gasteiger partial charge in [-0.2, -0.15) is 0 Å². The molecule has 4 rings (SSSR count). The zero-order valence-corrected chi connectivity index (χ0v) is 16.2. The van der Waals surface area contributed by atoms with Crippen LogP contribution in [0.2, 0.25) is 5.02 Å². The van der Waals surface area contributed by atoms with Crippen molar-refractivity contribution in [3.63, 3.8) is 0 Å². The van der Waals surface area contributed by atoms with Crippen LogP contribution in [0.4, 0.5) is 23.0 Å². The smallest absolute Gasteiger partial charge is 0.247 e. The average molecular weight is 387 g/mol. The van der Waals surface area contributed by atoms with Crippen molar-refractivity contribution in [1.29, 1.82) is 0 Å². The molecule has 1 aromatic carbocycles. The Labute approximate surface area is 163 Å². The van der Waals surface area contributed by atoms with Crippen molar-refractivity contribution in [2.75, 3.05) is 46.6 Å². The van der Waals surface area contributed by atoms with Gasteiger partial charge in [0.1, 0.15) is 18.1 Å². The molecule has 0 bridgehead atoms. The number of carbonyl (C=O) groups is 1. The van der Waals surface area contributed by atoms with Crippen molar-refractivity contribution in [2.24, 2.45) is 5.92 Å². The summed E-state index contributed by atoms with van der Waals surface area (Å²) in [5.41, 5.74) is 1.80. The van der Waals surface area contributed by atoms with Crippen molar-refractivity contribution >= 4 is 40.5 Å². The summed E-state index contributed by atoms with van der Waals surface area (Å²) in [4.78, 5) is 25.7. The molecule has 2 aliphatic rings. The molecule has 7 nitrogen and oxygen atoms in total. The Bertz CT molecular complexity index is 850. The first-order valence-electron chi connectivity index (χ1n) is 9.21. The summed E-state index contributed by atoms with van der Waals surface area (Å²) < 4.78 is 0. The third kappa shape index (κ3) is 3.51. The van der Waals surface area contributed by atoms with E-state index in [4.69, 9.17) is 11.6 Å². The number of anilines is 4. The molecule has 0 spiro atoms. The summed E-state index contributed by atoms with van der Waals surface area (Å²) in [6.45, 7) is 7.35. The number of nitrogens with one attached hydrogen (secondary N) is 2. The maximum absolute atomic E-state index is 12.4. The van der Waals surface area contributed by atoms with Crippen LogP contribution in [0.3, 0.4) is 0 Å². The minimum absolute atomic E-state index is 0.0360. The van der Waals surface area contributed by atoms with Crippen LogP contribution >= 0.6 is 11.6 Å². The molecule has 8 heteroatoms. The van der Waals surface area contributed by atoms with E-state index in [1.807, 2.05) is 32.0 Å². The van der Waals surface area contributed by atoms with E-state index in [0.717, 1.165) is 42.7 Å². The van der Waals surface area contributed by atoms with Gasteiger partial charge in [0.15, 0.2) is 11.6 Å². The maximum Gasteiger partial charge on any atom is 0.247 e. The lowest BCUT2D eigenvalue weighted by Crippen LogP contribution is -2.48. The van der Waals surface area contributed by atoms with Crippen molar-refractivity contribution in [3.8, 4) is 0 Å². The van der Waals surface area contributed by atoms with Crippen molar-refractivity contribution in [2.45, 2.75) is 19.9 Å². The monoisotopic (exact) mass is 386 g/mol. The van der Waals surface area contributed by atoms with Gasteiger partial charge >= 0.3 is 0 Å². The van der Waals surface area contributed by atoms with Crippen LogP contribution in [0.1, 0.15) is 13.8 Å². The first kappa shape index (κ1) is 17.9. The molecule has 0 aliphatic carbocycles. The first-order chi connectivity index (χ1) is 13.0. The van der Waals surface area contributed by atoms with E-state index >= 15 is 0 Å². The number of piperazine rings is 1. The lowest BCUT2D eigenvalue weighted by Gasteiger charge is -2.38. The Morgan fingerprint density at radius 2 is 1.89 bits per heavy atom. The van der Waals surface area contributed by atoms with Gasteiger partial charge in [-0.25, -0.2) is 9.97 Å². The van der Waals surface area contributed by atoms with Gasteiger partial charge < -0.3 is 20.4 Å². The highest BCUT2D eigenvalue weighted by atomic mass is 35.5. The Hall–Kier alpha value is -2.54. The van der Waals surface area contributed by atoms with Crippen LogP contribution < -0.4 is 20.4 Å². The quantitative estimate of drug-likeness (QED) is 0.845. The van der Waals surface area contributed by atoms with Gasteiger partial charge in [0.25, 0.3) is 0 Å². The second-order valence-corrected chi connectivity index (χ2v) is 7.67. The summed E-state index contributed by atoms with van der Waals surface area (Å²) in [6.07, 6.45) is 1.55. The molecule has 1 atom stereocenters. The molecule has 1 saturated heterocycles. The number of hydrogen-bond acceptors (Lipinski definition) is 6. The lowest BCUT2D eigenvalue weighted by atomic mass is 10.0. The molecule has 2 N–H and O–H groups in total. The highest BCUT2D eigenvalue weighted by Crippen LogP contribution is 2.34. The van der Waals surface area contributed by atoms with Gasteiger partial charge in [-0.05, 0) is 24.1 Å². The molecule has 1 fully saturated rings. The predicted octanol–water partition coefficient (Wildman–Crippen LogP) is 2.85. The Morgan fingerprint density at radius 3 is 2.59 bits per heavy atom. The summed E-state index contributed by atoms with van der Waals surface area (Å²) in [5.74, 6) is 1.60. The number of hydrogen-bond donors (Lipinski definition) is 2. The van der Waals surface area contributed by atoms with Gasteiger partial charge in [-0.3, -0.25) is 4.79 Å². The minimum atomic E-state index is -0.278. The molecule has 0 radical (unpaired) electrons. The molecule has 3 heterocycles. The lowest BCUT2D eigenvalue weighted by molar-refractivity contribution is -0.117. The van der Waals surface area contributed by atoms with Crippen LogP contribution in [0, 0.1) is 5.92 Å². The van der Waals surface area contributed by atoms with E-state index in [1.165, 1.54) is 0 Å². The second-order valence-electron chi connectivity index (χ2n) is 7.23. The van der Waals surface area contributed by atoms with E-state index in [9.17, 15) is 4.79 Å². The summed E-state index contributed by atoms with van der Waals surface area (Å²) in [5, 5.41) is 7.00. The maximum atomic E-state index is 12.4. The van der Waals surface area contributed by atoms with Crippen LogP contribution in [-0.2, 0) is 4.79 Å². The van der Waals surface area contributed by atoms with Crippen molar-refractivity contribution < 1.29 is 4.79 Å². The Kier molecular flexibility index (Phi) is 4.78. The summed E-state index contributed by atoms with van der Waals surface area (Å²) >= 11 is 6.11. The molecule has 142 valence electrons. The number of nitrogens with zero attached hydrogens (tertiary/aromatic N) is 4. The molecule has 2 aromatic rings. The van der Waals surface area contributed by atoms with E-state index in [1.54, 1.807) is 6.33 Å². The number of fused-ring (bicyclic) bond motifs is 1. The second kappa shape index (κ2) is 7.23. The molecule has 1 amide bonds. The number of aromatic nitrogens is 2. The van der Waals surface area contributed by atoms with Crippen LogP contribution in [-0.4, -0.2) is 48.1 Å². The van der Waals surface area contributed by atoms with Crippen LogP contribution in [0.25, 0.3) is 0 Å². The van der Waals surface area contributed by atoms with Gasteiger partial charge in [0.05, 0.1) is 0 Å². The zero-order valence-electron chi connectivity index (χ0n) is 15.4. The Morgan fingerprint density at radius 1 is 1.15 bits per heavy atom. The van der Waals surface area contributed by atoms with E-state index in [-0.39, 0.29) is 17.9 Å². The SMILES string of the molecule is CC(C)C1Nc2ncnc(N3CCN(c4cccc(Cl)c4)CC3)c2NC1=O. The fraction of sp³-hybridized carbons (Fsp3) is 0.421. The fourth-order valence-corrected chi connectivity index (χ4v) is 3.76. The standard InChI is InChI=1S/C19H23ClN6O/c1-12(2)15-19(27)24-16-17(23-15)21-11-22-18(16)26-8-6-25(7-9-26)14-5-3-4-13(20)10-14/h3-5,10-12,15H,6-9H2,1-2H3,(H,24,27)(H,21,22,23). The molecule has 1 aromatic heterocycles.